The van der Waals surface area contributed by atoms with Gasteiger partial charge in [-0.1, -0.05) is 161 Å². The lowest BCUT2D eigenvalue weighted by Crippen LogP contribution is -2.75. The highest BCUT2D eigenvalue weighted by atomic mass is 28.3. The monoisotopic (exact) mass is 957 g/mol. The normalized spacial score (nSPS) is 15.6. The van der Waals surface area contributed by atoms with Crippen molar-refractivity contribution in [3.8, 4) is 17.2 Å². The lowest BCUT2D eigenvalue weighted by molar-refractivity contribution is -0.204. The van der Waals surface area contributed by atoms with Crippen molar-refractivity contribution in [3.05, 3.63) is 187 Å². The van der Waals surface area contributed by atoms with Gasteiger partial charge in [-0.3, -0.25) is 8.97 Å². The third-order valence-corrected chi connectivity index (χ3v) is 23.6. The molecule has 2 aromatic heterocycles. The predicted octanol–water partition coefficient (Wildman–Crippen LogP) is 10.5. The Kier molecular flexibility index (Phi) is 9.70. The predicted molar refractivity (Wildman–Crippen MR) is 267 cm³/mol. The third kappa shape index (κ3) is 7.19. The van der Waals surface area contributed by atoms with Crippen LogP contribution in [0.15, 0.2) is 176 Å². The molecule has 0 radical (unpaired) electrons. The lowest BCUT2D eigenvalue weighted by atomic mass is 9.95. The summed E-state index contributed by atoms with van der Waals surface area (Å²) < 4.78 is 140. The first-order valence-electron chi connectivity index (χ1n) is 24.1. The molecule has 67 heavy (non-hydrogen) atoms. The zero-order valence-electron chi connectivity index (χ0n) is 41.2. The van der Waals surface area contributed by atoms with Crippen molar-refractivity contribution in [2.45, 2.75) is 56.8 Å². The Morgan fingerprint density at radius 2 is 1.07 bits per heavy atom. The van der Waals surface area contributed by atoms with Gasteiger partial charge < -0.3 is 4.74 Å². The maximum atomic E-state index is 15.1. The number of para-hydroxylation sites is 6. The number of imidazole rings is 2. The van der Waals surface area contributed by atoms with Gasteiger partial charge >= 0.3 is 12.4 Å². The van der Waals surface area contributed by atoms with E-state index in [1.54, 1.807) is 12.1 Å². The highest BCUT2D eigenvalue weighted by molar-refractivity contribution is 7.20. The molecule has 0 amide bonds. The van der Waals surface area contributed by atoms with Crippen LogP contribution < -0.4 is 25.5 Å². The number of aromatic nitrogens is 3. The van der Waals surface area contributed by atoms with Crippen LogP contribution in [0.25, 0.3) is 33.5 Å². The maximum Gasteiger partial charge on any atom is 0.393 e. The quantitative estimate of drug-likeness (QED) is 0.0735. The van der Waals surface area contributed by atoms with Gasteiger partial charge in [0.25, 0.3) is 0 Å². The highest BCUT2D eigenvalue weighted by Crippen LogP contribution is 2.52. The second kappa shape index (κ2) is 16.3. The molecule has 0 aliphatic carbocycles. The van der Waals surface area contributed by atoms with E-state index in [9.17, 15) is 4.94 Å². The van der Waals surface area contributed by atoms with Gasteiger partial charge in [0.05, 0.1) is 32.9 Å². The average Bonchev–Trinajstić information content (AvgIpc) is 3.85. The zero-order chi connectivity index (χ0) is 50.6. The molecule has 0 saturated heterocycles. The fraction of sp³-hybridized carbons (Fsp3) is 0.204. The van der Waals surface area contributed by atoms with Crippen LogP contribution in [0.1, 0.15) is 38.8 Å². The Bertz CT molecular complexity index is 3410. The van der Waals surface area contributed by atoms with E-state index in [2.05, 4.69) is 15.0 Å². The molecule has 0 saturated carbocycles. The summed E-state index contributed by atoms with van der Waals surface area (Å²) in [6.45, 7) is 3.53. The fourth-order valence-electron chi connectivity index (χ4n) is 9.54. The van der Waals surface area contributed by atoms with Crippen molar-refractivity contribution in [1.29, 1.82) is 4.94 Å². The summed E-state index contributed by atoms with van der Waals surface area (Å²) in [6.07, 6.45) is -9.87. The molecule has 7 aromatic carbocycles. The number of fused-ring (bicyclic) bond motifs is 7. The topological polar surface area (TPSA) is 31.5 Å². The van der Waals surface area contributed by atoms with Gasteiger partial charge in [0, 0.05) is 34.1 Å². The second-order valence-corrected chi connectivity index (χ2v) is 25.8. The number of alkyl halides is 6. The number of ether oxygens (including phenoxy) is 1. The van der Waals surface area contributed by atoms with Crippen molar-refractivity contribution in [2.75, 3.05) is 0 Å². The van der Waals surface area contributed by atoms with E-state index in [-0.39, 0.29) is 22.6 Å². The molecule has 0 atom stereocenters. The molecular weight excluding hydrogens is 905 g/mol. The van der Waals surface area contributed by atoms with Gasteiger partial charge in [-0.25, -0.2) is 4.98 Å². The molecule has 340 valence electrons. The minimum Gasteiger partial charge on any atom is -0.457 e. The van der Waals surface area contributed by atoms with Crippen molar-refractivity contribution in [2.24, 2.45) is 10.8 Å². The van der Waals surface area contributed by atoms with Gasteiger partial charge in [0.15, 0.2) is 8.07 Å². The van der Waals surface area contributed by atoms with Crippen molar-refractivity contribution in [1.82, 2.24) is 14.0 Å². The van der Waals surface area contributed by atoms with Crippen molar-refractivity contribution in [3.63, 3.8) is 0 Å². The molecule has 1 aliphatic heterocycles. The van der Waals surface area contributed by atoms with Gasteiger partial charge in [0.2, 0.25) is 5.78 Å². The summed E-state index contributed by atoms with van der Waals surface area (Å²) in [5, 5.41) is 3.03. The Morgan fingerprint density at radius 3 is 1.70 bits per heavy atom. The SMILES string of the molecule is [2H][Si]([2H])(CC(C)(C)C(F)(F)F)C1([Si]([2H])([2H])CC(C)(C)C(F)(F)F)c2ccccc2Oc2c1cccc2[Si](c1ccccc1)(c1ccccc1)c1cccc(-n2c3ccccc3n3c4ccccc4nc23)c1. The van der Waals surface area contributed by atoms with Crippen LogP contribution in [0.5, 0.6) is 11.5 Å². The number of rotatable bonds is 11. The molecule has 0 spiro atoms. The smallest absolute Gasteiger partial charge is 0.393 e. The molecule has 1 aliphatic rings. The molecule has 0 unspecified atom stereocenters. The zero-order valence-corrected chi connectivity index (χ0v) is 40.2. The molecule has 13 heteroatoms. The van der Waals surface area contributed by atoms with Gasteiger partial charge in [-0.05, 0) is 86.4 Å². The number of hydrogen-bond donors (Lipinski definition) is 0. The standard InChI is InChI=1S/C54H49F6N3OSi3/c1-50(2,53(55,56)57)34-65-52(66-35-51(3,4)54(58,59)60)40-25-11-16-31-46(40)64-48-41(52)26-18-32-47(48)67(37-20-7-5-8-21-37,38-22-9-6-10-23-38)39-24-17-19-36(33-39)62-44-29-14-15-30-45(44)63-43-28-13-12-27-42(43)61-49(62)63/h5-33H,34-35,65-66H2,1-4H3/i65D2,66D2. The third-order valence-electron chi connectivity index (χ3n) is 13.5. The summed E-state index contributed by atoms with van der Waals surface area (Å²) in [5.74, 6) is 0.688. The summed E-state index contributed by atoms with van der Waals surface area (Å²) >= 11 is 0. The Labute approximate surface area is 395 Å². The summed E-state index contributed by atoms with van der Waals surface area (Å²) in [4.78, 5) is 5.13. The second-order valence-electron chi connectivity index (χ2n) is 18.6. The highest BCUT2D eigenvalue weighted by Gasteiger charge is 2.54. The van der Waals surface area contributed by atoms with Crippen LogP contribution in [-0.4, -0.2) is 58.1 Å². The molecule has 4 nitrogen and oxygen atoms in total. The lowest BCUT2D eigenvalue weighted by Gasteiger charge is -2.45. The number of halogens is 6. The van der Waals surface area contributed by atoms with E-state index in [1.165, 1.54) is 24.3 Å². The van der Waals surface area contributed by atoms with Crippen LogP contribution in [0.2, 0.25) is 12.1 Å². The van der Waals surface area contributed by atoms with Crippen LogP contribution in [0.3, 0.4) is 0 Å². The Hall–Kier alpha value is -6.16. The first-order valence-corrected chi connectivity index (χ1v) is 26.5. The average molecular weight is 958 g/mol. The van der Waals surface area contributed by atoms with E-state index < -0.39 is 66.8 Å². The minimum atomic E-state index is -5.40. The molecular formula is C54H49F6N3OSi3. The molecule has 0 bridgehead atoms. The number of benzene rings is 7. The van der Waals surface area contributed by atoms with E-state index in [1.807, 2.05) is 133 Å². The van der Waals surface area contributed by atoms with E-state index in [0.717, 1.165) is 71.0 Å². The summed E-state index contributed by atoms with van der Waals surface area (Å²) in [7, 11) is -14.7. The van der Waals surface area contributed by atoms with E-state index >= 15 is 26.3 Å². The number of hydrogen-bond acceptors (Lipinski definition) is 2. The number of nitrogens with zero attached hydrogens (tertiary/aromatic N) is 3. The minimum absolute atomic E-state index is 0.0137. The Balaban J connectivity index is 1.34. The summed E-state index contributed by atoms with van der Waals surface area (Å²) in [6, 6.07) is 52.2. The first-order chi connectivity index (χ1) is 33.5. The molecule has 0 fully saturated rings. The molecule has 3 heterocycles. The van der Waals surface area contributed by atoms with Crippen molar-refractivity contribution < 1.29 is 31.1 Å². The van der Waals surface area contributed by atoms with Crippen LogP contribution >= 0.6 is 0 Å². The van der Waals surface area contributed by atoms with Gasteiger partial charge in [0.1, 0.15) is 11.5 Å². The Morgan fingerprint density at radius 1 is 0.567 bits per heavy atom. The van der Waals surface area contributed by atoms with E-state index in [0.29, 0.717) is 11.0 Å². The molecule has 10 rings (SSSR count). The van der Waals surface area contributed by atoms with Crippen LogP contribution in [-0.2, 0) is 4.66 Å². The van der Waals surface area contributed by atoms with Crippen LogP contribution in [0.4, 0.5) is 26.3 Å². The van der Waals surface area contributed by atoms with Crippen molar-refractivity contribution >= 4 is 75.4 Å². The largest absolute Gasteiger partial charge is 0.457 e. The van der Waals surface area contributed by atoms with E-state index in [4.69, 9.17) is 9.72 Å². The van der Waals surface area contributed by atoms with Gasteiger partial charge in [-0.2, -0.15) is 26.3 Å². The summed E-state index contributed by atoms with van der Waals surface area (Å²) in [5.41, 5.74) is -1.22. The van der Waals surface area contributed by atoms with Crippen LogP contribution in [0, 0.1) is 10.8 Å². The molecule has 9 aromatic rings. The fourth-order valence-corrected chi connectivity index (χ4v) is 18.9. The van der Waals surface area contributed by atoms with Gasteiger partial charge in [-0.15, -0.1) is 0 Å². The maximum absolute atomic E-state index is 15.1. The first kappa shape index (κ1) is 40.0. The molecule has 0 N–H and O–H groups in total.